The number of hydrogen-bond donors (Lipinski definition) is 0. The molecule has 11 heteroatoms. The number of fused-ring (bicyclic) bond motifs is 2. The topological polar surface area (TPSA) is 77.3 Å². The van der Waals surface area contributed by atoms with E-state index in [1.165, 1.54) is 45.4 Å². The zero-order valence-electron chi connectivity index (χ0n) is 23.1. The fraction of sp³-hybridized carbons (Fsp3) is 0.226. The van der Waals surface area contributed by atoms with Crippen molar-refractivity contribution in [3.8, 4) is 38.8 Å². The molecule has 1 aliphatic heterocycles. The Kier molecular flexibility index (Phi) is 7.24. The van der Waals surface area contributed by atoms with Crippen molar-refractivity contribution in [1.29, 1.82) is 0 Å². The van der Waals surface area contributed by atoms with Crippen LogP contribution in [0.3, 0.4) is 0 Å². The summed E-state index contributed by atoms with van der Waals surface area (Å²) >= 11 is 2.77. The molecule has 214 valence electrons. The van der Waals surface area contributed by atoms with Gasteiger partial charge >= 0.3 is 0 Å². The Morgan fingerprint density at radius 1 is 1.14 bits per heavy atom. The second-order valence-electron chi connectivity index (χ2n) is 10.2. The number of rotatable bonds is 6. The number of aryl methyl sites for hydroxylation is 1. The maximum absolute atomic E-state index is 15.8. The minimum Gasteiger partial charge on any atom is -0.490 e. The maximum atomic E-state index is 15.8. The standard InChI is InChI=1S/C31H26F2N4O3S2/c1-5-24(38)37-10-7-21-23(15-37)42-31(34-21)29-27(26-20(33)13-18(32)14-22(26)40-16(2)3)30-19(8-11-41-30)28(35-29)17-6-9-36(4)25(39)12-17/h5-6,8-9,11-14,16H,1,7,10,15H2,2-4H3. The Balaban J connectivity index is 1.66. The number of halogens is 2. The number of carbonyl (C=O) groups excluding carboxylic acids is 1. The molecule has 5 aromatic rings. The molecule has 0 N–H and O–H groups in total. The Hall–Kier alpha value is -4.22. The van der Waals surface area contributed by atoms with Crippen molar-refractivity contribution in [2.24, 2.45) is 7.05 Å². The van der Waals surface area contributed by atoms with Gasteiger partial charge in [0.2, 0.25) is 5.91 Å². The Morgan fingerprint density at radius 2 is 1.95 bits per heavy atom. The van der Waals surface area contributed by atoms with Crippen LogP contribution in [0.15, 0.2) is 59.4 Å². The molecule has 0 atom stereocenters. The Bertz CT molecular complexity index is 1940. The van der Waals surface area contributed by atoms with E-state index in [2.05, 4.69) is 6.58 Å². The first kappa shape index (κ1) is 27.9. The van der Waals surface area contributed by atoms with Gasteiger partial charge in [-0.3, -0.25) is 9.59 Å². The fourth-order valence-corrected chi connectivity index (χ4v) is 7.15. The van der Waals surface area contributed by atoms with Crippen LogP contribution >= 0.6 is 22.7 Å². The number of benzene rings is 1. The van der Waals surface area contributed by atoms with Crippen LogP contribution in [0.5, 0.6) is 5.75 Å². The van der Waals surface area contributed by atoms with Gasteiger partial charge in [0.15, 0.2) is 0 Å². The summed E-state index contributed by atoms with van der Waals surface area (Å²) in [5.41, 5.74) is 2.72. The first-order valence-electron chi connectivity index (χ1n) is 13.3. The Labute approximate surface area is 248 Å². The van der Waals surface area contributed by atoms with E-state index in [4.69, 9.17) is 14.7 Å². The molecule has 0 bridgehead atoms. The molecule has 6 rings (SSSR count). The van der Waals surface area contributed by atoms with Gasteiger partial charge in [-0.1, -0.05) is 6.58 Å². The first-order chi connectivity index (χ1) is 20.1. The summed E-state index contributed by atoms with van der Waals surface area (Å²) in [6.07, 6.45) is 3.17. The molecular formula is C31H26F2N4O3S2. The lowest BCUT2D eigenvalue weighted by Gasteiger charge is -2.24. The number of hydrogen-bond acceptors (Lipinski definition) is 7. The lowest BCUT2D eigenvalue weighted by molar-refractivity contribution is -0.126. The van der Waals surface area contributed by atoms with Crippen LogP contribution in [0, 0.1) is 11.6 Å². The molecule has 7 nitrogen and oxygen atoms in total. The van der Waals surface area contributed by atoms with E-state index in [0.717, 1.165) is 22.0 Å². The molecule has 0 unspecified atom stereocenters. The molecule has 4 aromatic heterocycles. The normalized spacial score (nSPS) is 13.0. The number of amides is 1. The van der Waals surface area contributed by atoms with Crippen LogP contribution < -0.4 is 10.3 Å². The van der Waals surface area contributed by atoms with Gasteiger partial charge in [-0.25, -0.2) is 18.7 Å². The molecule has 0 aliphatic carbocycles. The molecule has 0 saturated heterocycles. The fourth-order valence-electron chi connectivity index (χ4n) is 5.08. The summed E-state index contributed by atoms with van der Waals surface area (Å²) in [5, 5.41) is 3.12. The monoisotopic (exact) mass is 604 g/mol. The SMILES string of the molecule is C=CC(=O)N1CCc2nc(-c3nc(-c4ccn(C)c(=O)c4)c4ccsc4c3-c3c(F)cc(F)cc3OC(C)C)sc2C1. The van der Waals surface area contributed by atoms with Crippen LogP contribution in [0.4, 0.5) is 8.78 Å². The summed E-state index contributed by atoms with van der Waals surface area (Å²) in [6.45, 7) is 8.05. The predicted molar refractivity (Wildman–Crippen MR) is 162 cm³/mol. The van der Waals surface area contributed by atoms with Crippen LogP contribution in [0.25, 0.3) is 43.2 Å². The summed E-state index contributed by atoms with van der Waals surface area (Å²) < 4.78 is 38.4. The second kappa shape index (κ2) is 10.9. The highest BCUT2D eigenvalue weighted by Gasteiger charge is 2.29. The van der Waals surface area contributed by atoms with Crippen LogP contribution in [0.2, 0.25) is 0 Å². The quantitative estimate of drug-likeness (QED) is 0.205. The van der Waals surface area contributed by atoms with Gasteiger partial charge in [0.1, 0.15) is 28.1 Å². The number of carbonyl (C=O) groups is 1. The van der Waals surface area contributed by atoms with Crippen molar-refractivity contribution in [1.82, 2.24) is 19.4 Å². The molecular weight excluding hydrogens is 578 g/mol. The van der Waals surface area contributed by atoms with Gasteiger partial charge in [0, 0.05) is 70.5 Å². The summed E-state index contributed by atoms with van der Waals surface area (Å²) in [6, 6.07) is 7.22. The van der Waals surface area contributed by atoms with Crippen LogP contribution in [-0.4, -0.2) is 38.0 Å². The van der Waals surface area contributed by atoms with Gasteiger partial charge in [-0.05, 0) is 37.4 Å². The lowest BCUT2D eigenvalue weighted by atomic mass is 9.98. The summed E-state index contributed by atoms with van der Waals surface area (Å²) in [4.78, 5) is 37.5. The predicted octanol–water partition coefficient (Wildman–Crippen LogP) is 6.59. The molecule has 1 amide bonds. The Morgan fingerprint density at radius 3 is 2.69 bits per heavy atom. The van der Waals surface area contributed by atoms with E-state index >= 15 is 4.39 Å². The molecule has 1 aromatic carbocycles. The van der Waals surface area contributed by atoms with E-state index in [1.807, 2.05) is 17.5 Å². The molecule has 0 spiro atoms. The highest BCUT2D eigenvalue weighted by Crippen LogP contribution is 2.48. The van der Waals surface area contributed by atoms with Gasteiger partial charge in [0.05, 0.1) is 29.6 Å². The minimum absolute atomic E-state index is 0.0608. The average Bonchev–Trinajstić information content (AvgIpc) is 3.60. The highest BCUT2D eigenvalue weighted by molar-refractivity contribution is 7.18. The smallest absolute Gasteiger partial charge is 0.250 e. The average molecular weight is 605 g/mol. The van der Waals surface area contributed by atoms with Crippen molar-refractivity contribution in [3.05, 3.63) is 87.1 Å². The largest absolute Gasteiger partial charge is 0.490 e. The number of pyridine rings is 2. The number of thiazole rings is 1. The van der Waals surface area contributed by atoms with E-state index in [9.17, 15) is 14.0 Å². The van der Waals surface area contributed by atoms with Crippen LogP contribution in [-0.2, 0) is 24.8 Å². The van der Waals surface area contributed by atoms with Gasteiger partial charge < -0.3 is 14.2 Å². The minimum atomic E-state index is -0.784. The van der Waals surface area contributed by atoms with Crippen molar-refractivity contribution in [2.75, 3.05) is 6.54 Å². The number of thiophene rings is 1. The van der Waals surface area contributed by atoms with E-state index < -0.39 is 11.6 Å². The number of ether oxygens (including phenoxy) is 1. The molecule has 1 aliphatic rings. The van der Waals surface area contributed by atoms with Crippen molar-refractivity contribution in [2.45, 2.75) is 32.9 Å². The first-order valence-corrected chi connectivity index (χ1v) is 15.0. The molecule has 5 heterocycles. The molecule has 0 fully saturated rings. The van der Waals surface area contributed by atoms with E-state index in [-0.39, 0.29) is 28.9 Å². The van der Waals surface area contributed by atoms with Gasteiger partial charge in [0.25, 0.3) is 5.56 Å². The van der Waals surface area contributed by atoms with Crippen molar-refractivity contribution < 1.29 is 18.3 Å². The molecule has 0 radical (unpaired) electrons. The van der Waals surface area contributed by atoms with Gasteiger partial charge in [-0.2, -0.15) is 0 Å². The summed E-state index contributed by atoms with van der Waals surface area (Å²) in [7, 11) is 1.67. The van der Waals surface area contributed by atoms with Gasteiger partial charge in [-0.15, -0.1) is 22.7 Å². The third kappa shape index (κ3) is 4.92. The maximum Gasteiger partial charge on any atom is 0.250 e. The van der Waals surface area contributed by atoms with E-state index in [0.29, 0.717) is 51.7 Å². The summed E-state index contributed by atoms with van der Waals surface area (Å²) in [5.74, 6) is -1.64. The zero-order chi connectivity index (χ0) is 29.7. The molecule has 0 saturated carbocycles. The van der Waals surface area contributed by atoms with Crippen molar-refractivity contribution >= 4 is 38.7 Å². The number of aromatic nitrogens is 3. The molecule has 42 heavy (non-hydrogen) atoms. The second-order valence-corrected chi connectivity index (χ2v) is 12.2. The van der Waals surface area contributed by atoms with Crippen molar-refractivity contribution in [3.63, 3.8) is 0 Å². The third-order valence-corrected chi connectivity index (χ3v) is 9.06. The number of nitrogens with zero attached hydrogens (tertiary/aromatic N) is 4. The highest BCUT2D eigenvalue weighted by atomic mass is 32.1. The van der Waals surface area contributed by atoms with Crippen LogP contribution in [0.1, 0.15) is 24.4 Å². The zero-order valence-corrected chi connectivity index (χ0v) is 24.7. The third-order valence-electron chi connectivity index (χ3n) is 7.04. The lowest BCUT2D eigenvalue weighted by Crippen LogP contribution is -2.34. The van der Waals surface area contributed by atoms with E-state index in [1.54, 1.807) is 32.0 Å².